The van der Waals surface area contributed by atoms with Crippen molar-refractivity contribution in [1.29, 1.82) is 0 Å². The van der Waals surface area contributed by atoms with Gasteiger partial charge in [-0.3, -0.25) is 4.99 Å². The van der Waals surface area contributed by atoms with E-state index in [1.807, 2.05) is 12.5 Å². The van der Waals surface area contributed by atoms with Crippen LogP contribution < -0.4 is 10.6 Å². The molecule has 0 saturated carbocycles. The molecule has 0 aromatic carbocycles. The fraction of sp³-hybridized carbons (Fsp3) is 0.714. The van der Waals surface area contributed by atoms with Gasteiger partial charge in [0.15, 0.2) is 5.96 Å². The number of nitrogens with one attached hydrogen (secondary N) is 2. The van der Waals surface area contributed by atoms with Crippen LogP contribution in [0.15, 0.2) is 23.7 Å². The lowest BCUT2D eigenvalue weighted by Gasteiger charge is -2.21. The fourth-order valence-corrected chi connectivity index (χ4v) is 3.50. The Morgan fingerprint density at radius 3 is 2.95 bits per heavy atom. The molecule has 1 aliphatic rings. The first-order chi connectivity index (χ1) is 9.72. The molecule has 1 saturated heterocycles. The van der Waals surface area contributed by atoms with Crippen LogP contribution in [0.1, 0.15) is 26.7 Å². The molecule has 1 fully saturated rings. The van der Waals surface area contributed by atoms with Crippen LogP contribution in [0.3, 0.4) is 0 Å². The Hall–Kier alpha value is -0.440. The van der Waals surface area contributed by atoms with Gasteiger partial charge in [-0.25, -0.2) is 4.98 Å². The number of nitrogens with zero attached hydrogens (tertiary/aromatic N) is 3. The number of thioether (sulfide) groups is 1. The Labute approximate surface area is 148 Å². The molecule has 2 rings (SSSR count). The molecule has 0 spiro atoms. The van der Waals surface area contributed by atoms with Crippen molar-refractivity contribution in [2.75, 3.05) is 25.4 Å². The predicted molar refractivity (Wildman–Crippen MR) is 102 cm³/mol. The standard InChI is InChI=1S/C14H25N5S.HI/c1-3-16-13(17-7-9-19-8-6-15-12-19)18-11-14(2)5-4-10-20-14;/h6,8,12H,3-5,7,9-11H2,1-2H3,(H2,16,17,18);1H. The Kier molecular flexibility index (Phi) is 8.46. The van der Waals surface area contributed by atoms with Crippen LogP contribution in [0, 0.1) is 0 Å². The molecule has 1 aromatic heterocycles. The minimum absolute atomic E-state index is 0. The zero-order valence-electron chi connectivity index (χ0n) is 12.8. The van der Waals surface area contributed by atoms with Crippen LogP contribution in [-0.4, -0.2) is 45.6 Å². The first kappa shape index (κ1) is 18.6. The topological polar surface area (TPSA) is 54.2 Å². The summed E-state index contributed by atoms with van der Waals surface area (Å²) in [5.74, 6) is 2.19. The van der Waals surface area contributed by atoms with Crippen LogP contribution in [0.25, 0.3) is 0 Å². The Morgan fingerprint density at radius 2 is 2.33 bits per heavy atom. The number of hydrogen-bond acceptors (Lipinski definition) is 3. The van der Waals surface area contributed by atoms with E-state index in [-0.39, 0.29) is 24.0 Å². The van der Waals surface area contributed by atoms with E-state index in [0.717, 1.165) is 32.1 Å². The van der Waals surface area contributed by atoms with Crippen molar-refractivity contribution < 1.29 is 0 Å². The molecule has 1 atom stereocenters. The maximum absolute atomic E-state index is 4.73. The van der Waals surface area contributed by atoms with Crippen LogP contribution in [-0.2, 0) is 6.54 Å². The number of aromatic nitrogens is 2. The quantitative estimate of drug-likeness (QED) is 0.419. The molecule has 7 heteroatoms. The normalized spacial score (nSPS) is 21.9. The summed E-state index contributed by atoms with van der Waals surface area (Å²) < 4.78 is 2.39. The first-order valence-electron chi connectivity index (χ1n) is 7.34. The number of imidazole rings is 1. The average molecular weight is 423 g/mol. The average Bonchev–Trinajstić information content (AvgIpc) is 3.08. The molecule has 0 aliphatic carbocycles. The molecule has 2 heterocycles. The third kappa shape index (κ3) is 6.46. The van der Waals surface area contributed by atoms with Gasteiger partial charge in [0.1, 0.15) is 0 Å². The number of halogens is 1. The van der Waals surface area contributed by atoms with Crippen LogP contribution in [0.2, 0.25) is 0 Å². The predicted octanol–water partition coefficient (Wildman–Crippen LogP) is 2.34. The van der Waals surface area contributed by atoms with Gasteiger partial charge in [-0.2, -0.15) is 11.8 Å². The third-order valence-corrected chi connectivity index (χ3v) is 4.96. The second-order valence-corrected chi connectivity index (χ2v) is 7.01. The molecule has 1 aromatic rings. The summed E-state index contributed by atoms with van der Waals surface area (Å²) in [6.07, 6.45) is 8.21. The van der Waals surface area contributed by atoms with E-state index in [4.69, 9.17) is 4.99 Å². The highest BCUT2D eigenvalue weighted by Gasteiger charge is 2.29. The van der Waals surface area contributed by atoms with E-state index >= 15 is 0 Å². The molecule has 21 heavy (non-hydrogen) atoms. The number of hydrogen-bond donors (Lipinski definition) is 2. The summed E-state index contributed by atoms with van der Waals surface area (Å²) in [7, 11) is 0. The van der Waals surface area contributed by atoms with Gasteiger partial charge >= 0.3 is 0 Å². The largest absolute Gasteiger partial charge is 0.357 e. The van der Waals surface area contributed by atoms with Gasteiger partial charge in [-0.05, 0) is 32.4 Å². The number of rotatable bonds is 6. The van der Waals surface area contributed by atoms with Crippen molar-refractivity contribution in [2.45, 2.75) is 38.0 Å². The van der Waals surface area contributed by atoms with Crippen molar-refractivity contribution in [3.05, 3.63) is 18.7 Å². The second kappa shape index (κ2) is 9.55. The van der Waals surface area contributed by atoms with Crippen molar-refractivity contribution in [3.63, 3.8) is 0 Å². The summed E-state index contributed by atoms with van der Waals surface area (Å²) in [6.45, 7) is 7.95. The molecular formula is C14H26IN5S. The number of aliphatic imine (C=N–C) groups is 1. The summed E-state index contributed by atoms with van der Waals surface area (Å²) in [5, 5.41) is 6.69. The third-order valence-electron chi connectivity index (χ3n) is 3.44. The minimum Gasteiger partial charge on any atom is -0.357 e. The molecule has 2 N–H and O–H groups in total. The SMILES string of the molecule is CCNC(=NCC1(C)CCCS1)NCCn1ccnc1.I. The van der Waals surface area contributed by atoms with Crippen molar-refractivity contribution in [3.8, 4) is 0 Å². The lowest BCUT2D eigenvalue weighted by Crippen LogP contribution is -2.39. The molecule has 0 radical (unpaired) electrons. The molecule has 0 bridgehead atoms. The van der Waals surface area contributed by atoms with Gasteiger partial charge in [0, 0.05) is 36.8 Å². The second-order valence-electron chi connectivity index (χ2n) is 5.32. The zero-order chi connectivity index (χ0) is 14.3. The Morgan fingerprint density at radius 1 is 1.48 bits per heavy atom. The van der Waals surface area contributed by atoms with Crippen LogP contribution in [0.4, 0.5) is 0 Å². The summed E-state index contributed by atoms with van der Waals surface area (Å²) in [6, 6.07) is 0. The van der Waals surface area contributed by atoms with E-state index in [2.05, 4.69) is 45.8 Å². The van der Waals surface area contributed by atoms with E-state index in [1.54, 1.807) is 6.20 Å². The van der Waals surface area contributed by atoms with E-state index in [0.29, 0.717) is 4.75 Å². The van der Waals surface area contributed by atoms with Gasteiger partial charge in [0.25, 0.3) is 0 Å². The van der Waals surface area contributed by atoms with Crippen molar-refractivity contribution in [1.82, 2.24) is 20.2 Å². The summed E-state index contributed by atoms with van der Waals surface area (Å²) in [5.41, 5.74) is 0. The molecule has 1 unspecified atom stereocenters. The Bertz CT molecular complexity index is 415. The maximum Gasteiger partial charge on any atom is 0.191 e. The maximum atomic E-state index is 4.73. The lowest BCUT2D eigenvalue weighted by atomic mass is 10.1. The van der Waals surface area contributed by atoms with E-state index in [9.17, 15) is 0 Å². The fourth-order valence-electron chi connectivity index (χ4n) is 2.27. The van der Waals surface area contributed by atoms with Gasteiger partial charge in [-0.15, -0.1) is 24.0 Å². The van der Waals surface area contributed by atoms with Crippen molar-refractivity contribution in [2.24, 2.45) is 4.99 Å². The van der Waals surface area contributed by atoms with Crippen LogP contribution in [0.5, 0.6) is 0 Å². The summed E-state index contributed by atoms with van der Waals surface area (Å²) >= 11 is 2.05. The van der Waals surface area contributed by atoms with E-state index < -0.39 is 0 Å². The van der Waals surface area contributed by atoms with Gasteiger partial charge in [0.2, 0.25) is 0 Å². The van der Waals surface area contributed by atoms with Gasteiger partial charge < -0.3 is 15.2 Å². The summed E-state index contributed by atoms with van der Waals surface area (Å²) in [4.78, 5) is 8.78. The molecular weight excluding hydrogens is 397 g/mol. The smallest absolute Gasteiger partial charge is 0.191 e. The van der Waals surface area contributed by atoms with E-state index in [1.165, 1.54) is 18.6 Å². The molecule has 1 aliphatic heterocycles. The minimum atomic E-state index is 0. The first-order valence-corrected chi connectivity index (χ1v) is 8.32. The van der Waals surface area contributed by atoms with Gasteiger partial charge in [0.05, 0.1) is 12.9 Å². The highest BCUT2D eigenvalue weighted by Crippen LogP contribution is 2.37. The van der Waals surface area contributed by atoms with Gasteiger partial charge in [-0.1, -0.05) is 0 Å². The molecule has 5 nitrogen and oxygen atoms in total. The zero-order valence-corrected chi connectivity index (χ0v) is 16.0. The highest BCUT2D eigenvalue weighted by atomic mass is 127. The van der Waals surface area contributed by atoms with Crippen LogP contribution >= 0.6 is 35.7 Å². The number of guanidine groups is 1. The Balaban J connectivity index is 0.00000220. The van der Waals surface area contributed by atoms with Crippen molar-refractivity contribution >= 4 is 41.7 Å². The monoisotopic (exact) mass is 423 g/mol. The highest BCUT2D eigenvalue weighted by molar-refractivity contribution is 14.0. The molecule has 120 valence electrons. The lowest BCUT2D eigenvalue weighted by molar-refractivity contribution is 0.611. The molecule has 0 amide bonds.